The highest BCUT2D eigenvalue weighted by Gasteiger charge is 2.29. The number of aromatic amines is 2. The average molecular weight is 455 g/mol. The fourth-order valence-electron chi connectivity index (χ4n) is 3.69. The number of benzene rings is 1. The predicted octanol–water partition coefficient (Wildman–Crippen LogP) is 1.10. The average Bonchev–Trinajstić information content (AvgIpc) is 3.42. The topological polar surface area (TPSA) is 166 Å². The standard InChI is InChI=1S/C23H30N6O4/c1-13(2)7-20(23(32)33)29-22(31)19(8-14-10-26-18-6-4-3-5-16(14)18)28-21(30)17(24)9-15-11-25-12-27-15/h3-6,10-13,17,19-20,26H,7-9,24H2,1-2H3,(H,25,27)(H,28,30)(H,29,31)(H,32,33)/t17-,19-,20-/m0/s1. The van der Waals surface area contributed by atoms with Gasteiger partial charge in [-0.1, -0.05) is 32.0 Å². The van der Waals surface area contributed by atoms with Crippen molar-refractivity contribution in [3.8, 4) is 0 Å². The summed E-state index contributed by atoms with van der Waals surface area (Å²) in [6, 6.07) is 4.63. The third kappa shape index (κ3) is 6.42. The summed E-state index contributed by atoms with van der Waals surface area (Å²) in [5, 5.41) is 15.7. The molecular formula is C23H30N6O4. The van der Waals surface area contributed by atoms with Crippen LogP contribution in [-0.2, 0) is 27.2 Å². The van der Waals surface area contributed by atoms with Crippen molar-refractivity contribution in [3.05, 3.63) is 54.2 Å². The summed E-state index contributed by atoms with van der Waals surface area (Å²) in [4.78, 5) is 47.6. The molecule has 0 aliphatic rings. The van der Waals surface area contributed by atoms with E-state index < -0.39 is 35.9 Å². The maximum absolute atomic E-state index is 13.1. The van der Waals surface area contributed by atoms with Gasteiger partial charge in [-0.15, -0.1) is 0 Å². The molecule has 3 rings (SSSR count). The Morgan fingerprint density at radius 2 is 1.79 bits per heavy atom. The molecule has 176 valence electrons. The molecule has 0 saturated carbocycles. The third-order valence-electron chi connectivity index (χ3n) is 5.37. The zero-order valence-electron chi connectivity index (χ0n) is 18.7. The van der Waals surface area contributed by atoms with Crippen LogP contribution >= 0.6 is 0 Å². The molecule has 2 aromatic heterocycles. The van der Waals surface area contributed by atoms with Gasteiger partial charge >= 0.3 is 5.97 Å². The van der Waals surface area contributed by atoms with Crippen molar-refractivity contribution in [3.63, 3.8) is 0 Å². The molecule has 33 heavy (non-hydrogen) atoms. The quantitative estimate of drug-likeness (QED) is 0.254. The molecule has 7 N–H and O–H groups in total. The Labute approximate surface area is 191 Å². The van der Waals surface area contributed by atoms with Crippen LogP contribution in [0.4, 0.5) is 0 Å². The van der Waals surface area contributed by atoms with E-state index in [0.29, 0.717) is 5.69 Å². The Balaban J connectivity index is 1.79. The lowest BCUT2D eigenvalue weighted by atomic mass is 10.0. The second-order valence-electron chi connectivity index (χ2n) is 8.52. The Bertz CT molecular complexity index is 1090. The van der Waals surface area contributed by atoms with Crippen molar-refractivity contribution in [2.75, 3.05) is 0 Å². The van der Waals surface area contributed by atoms with Gasteiger partial charge in [-0.25, -0.2) is 9.78 Å². The molecule has 2 heterocycles. The third-order valence-corrected chi connectivity index (χ3v) is 5.37. The van der Waals surface area contributed by atoms with Crippen LogP contribution in [0, 0.1) is 5.92 Å². The minimum atomic E-state index is -1.12. The number of amides is 2. The van der Waals surface area contributed by atoms with E-state index in [2.05, 4.69) is 25.6 Å². The minimum absolute atomic E-state index is 0.0651. The highest BCUT2D eigenvalue weighted by atomic mass is 16.4. The van der Waals surface area contributed by atoms with Crippen LogP contribution in [-0.4, -0.2) is 56.0 Å². The van der Waals surface area contributed by atoms with Gasteiger partial charge < -0.3 is 31.4 Å². The molecule has 1 aromatic carbocycles. The number of fused-ring (bicyclic) bond motifs is 1. The van der Waals surface area contributed by atoms with E-state index in [1.54, 1.807) is 12.4 Å². The molecule has 0 spiro atoms. The SMILES string of the molecule is CC(C)C[C@H](NC(=O)[C@H](Cc1c[nH]c2ccccc12)NC(=O)[C@@H](N)Cc1c[nH]cn1)C(=O)O. The lowest BCUT2D eigenvalue weighted by Gasteiger charge is -2.23. The monoisotopic (exact) mass is 454 g/mol. The molecule has 3 aromatic rings. The number of rotatable bonds is 11. The predicted molar refractivity (Wildman–Crippen MR) is 123 cm³/mol. The van der Waals surface area contributed by atoms with Crippen molar-refractivity contribution >= 4 is 28.7 Å². The van der Waals surface area contributed by atoms with Gasteiger partial charge in [0.05, 0.1) is 18.1 Å². The largest absolute Gasteiger partial charge is 0.480 e. The maximum Gasteiger partial charge on any atom is 0.326 e. The van der Waals surface area contributed by atoms with Gasteiger partial charge in [-0.05, 0) is 24.0 Å². The number of nitrogens with two attached hydrogens (primary N) is 1. The number of nitrogens with one attached hydrogen (secondary N) is 4. The molecule has 10 heteroatoms. The fourth-order valence-corrected chi connectivity index (χ4v) is 3.69. The van der Waals surface area contributed by atoms with Crippen LogP contribution in [0.2, 0.25) is 0 Å². The molecule has 0 saturated heterocycles. The number of carbonyl (C=O) groups excluding carboxylic acids is 2. The van der Waals surface area contributed by atoms with Crippen molar-refractivity contribution in [2.24, 2.45) is 11.7 Å². The molecule has 0 unspecified atom stereocenters. The van der Waals surface area contributed by atoms with E-state index in [-0.39, 0.29) is 25.2 Å². The smallest absolute Gasteiger partial charge is 0.326 e. The molecule has 0 bridgehead atoms. The second kappa shape index (κ2) is 10.8. The normalized spacial score (nSPS) is 14.1. The van der Waals surface area contributed by atoms with Gasteiger partial charge in [-0.3, -0.25) is 9.59 Å². The molecule has 0 aliphatic heterocycles. The zero-order valence-corrected chi connectivity index (χ0v) is 18.7. The molecule has 2 amide bonds. The lowest BCUT2D eigenvalue weighted by molar-refractivity contribution is -0.142. The van der Waals surface area contributed by atoms with Gasteiger partial charge in [0.25, 0.3) is 0 Å². The first kappa shape index (κ1) is 24.0. The van der Waals surface area contributed by atoms with Crippen molar-refractivity contribution in [1.82, 2.24) is 25.6 Å². The number of nitrogens with zero attached hydrogens (tertiary/aromatic N) is 1. The number of aromatic nitrogens is 3. The first-order chi connectivity index (χ1) is 15.7. The number of hydrogen-bond acceptors (Lipinski definition) is 5. The van der Waals surface area contributed by atoms with Crippen LogP contribution in [0.1, 0.15) is 31.5 Å². The first-order valence-corrected chi connectivity index (χ1v) is 10.9. The van der Waals surface area contributed by atoms with E-state index in [1.165, 1.54) is 6.33 Å². The van der Waals surface area contributed by atoms with E-state index >= 15 is 0 Å². The van der Waals surface area contributed by atoms with E-state index in [4.69, 9.17) is 5.73 Å². The number of aliphatic carboxylic acids is 1. The summed E-state index contributed by atoms with van der Waals surface area (Å²) in [5.74, 6) is -2.15. The van der Waals surface area contributed by atoms with E-state index in [0.717, 1.165) is 16.5 Å². The summed E-state index contributed by atoms with van der Waals surface area (Å²) < 4.78 is 0. The summed E-state index contributed by atoms with van der Waals surface area (Å²) in [6.45, 7) is 3.75. The Morgan fingerprint density at radius 3 is 2.45 bits per heavy atom. The molecule has 10 nitrogen and oxygen atoms in total. The number of carboxylic acid groups (broad SMARTS) is 1. The van der Waals surface area contributed by atoms with Crippen LogP contribution in [0.25, 0.3) is 10.9 Å². The minimum Gasteiger partial charge on any atom is -0.480 e. The summed E-state index contributed by atoms with van der Waals surface area (Å²) in [7, 11) is 0. The highest BCUT2D eigenvalue weighted by molar-refractivity contribution is 5.93. The Morgan fingerprint density at radius 1 is 1.06 bits per heavy atom. The van der Waals surface area contributed by atoms with Crippen LogP contribution in [0.3, 0.4) is 0 Å². The van der Waals surface area contributed by atoms with Gasteiger partial charge in [0.15, 0.2) is 0 Å². The molecule has 0 aliphatic carbocycles. The molecule has 3 atom stereocenters. The molecule has 0 fully saturated rings. The van der Waals surface area contributed by atoms with Crippen LogP contribution in [0.5, 0.6) is 0 Å². The molecule has 0 radical (unpaired) electrons. The maximum atomic E-state index is 13.1. The van der Waals surface area contributed by atoms with Gasteiger partial charge in [-0.2, -0.15) is 0 Å². The summed E-state index contributed by atoms with van der Waals surface area (Å²) in [5.41, 5.74) is 8.38. The lowest BCUT2D eigenvalue weighted by Crippen LogP contribution is -2.55. The summed E-state index contributed by atoms with van der Waals surface area (Å²) in [6.07, 6.45) is 5.56. The van der Waals surface area contributed by atoms with Gasteiger partial charge in [0.1, 0.15) is 12.1 Å². The Kier molecular flexibility index (Phi) is 7.83. The number of H-pyrrole nitrogens is 2. The van der Waals surface area contributed by atoms with Gasteiger partial charge in [0, 0.05) is 36.1 Å². The van der Waals surface area contributed by atoms with Crippen molar-refractivity contribution in [2.45, 2.75) is 51.2 Å². The second-order valence-corrected chi connectivity index (χ2v) is 8.52. The summed E-state index contributed by atoms with van der Waals surface area (Å²) >= 11 is 0. The van der Waals surface area contributed by atoms with Crippen LogP contribution < -0.4 is 16.4 Å². The highest BCUT2D eigenvalue weighted by Crippen LogP contribution is 2.19. The number of carboxylic acids is 1. The van der Waals surface area contributed by atoms with Crippen molar-refractivity contribution < 1.29 is 19.5 Å². The van der Waals surface area contributed by atoms with Crippen LogP contribution in [0.15, 0.2) is 43.0 Å². The van der Waals surface area contributed by atoms with E-state index in [9.17, 15) is 19.5 Å². The molecular weight excluding hydrogens is 424 g/mol. The number of para-hydroxylation sites is 1. The van der Waals surface area contributed by atoms with E-state index in [1.807, 2.05) is 38.1 Å². The zero-order chi connectivity index (χ0) is 24.0. The number of imidazole rings is 1. The van der Waals surface area contributed by atoms with Crippen molar-refractivity contribution in [1.29, 1.82) is 0 Å². The Hall–Kier alpha value is -3.66. The number of hydrogen-bond donors (Lipinski definition) is 6. The van der Waals surface area contributed by atoms with Gasteiger partial charge in [0.2, 0.25) is 11.8 Å². The first-order valence-electron chi connectivity index (χ1n) is 10.9. The number of carbonyl (C=O) groups is 3. The fraction of sp³-hybridized carbons (Fsp3) is 0.391.